The van der Waals surface area contributed by atoms with Crippen molar-refractivity contribution in [2.75, 3.05) is 32.1 Å². The Labute approximate surface area is 135 Å². The van der Waals surface area contributed by atoms with Gasteiger partial charge in [-0.3, -0.25) is 4.79 Å². The highest BCUT2D eigenvalue weighted by molar-refractivity contribution is 6.33. The Hall–Kier alpha value is -1.79. The molecule has 1 aromatic carbocycles. The molecule has 0 heterocycles. The maximum atomic E-state index is 11.8. The summed E-state index contributed by atoms with van der Waals surface area (Å²) >= 11 is 6.04. The Bertz CT molecular complexity index is 523. The molecule has 22 heavy (non-hydrogen) atoms. The summed E-state index contributed by atoms with van der Waals surface area (Å²) in [4.78, 5) is 24.9. The highest BCUT2D eigenvalue weighted by atomic mass is 35.5. The number of hydrogen-bond donors (Lipinski definition) is 3. The molecule has 0 aromatic heterocycles. The van der Waals surface area contributed by atoms with Gasteiger partial charge in [-0.05, 0) is 31.0 Å². The zero-order valence-corrected chi connectivity index (χ0v) is 13.6. The first kappa shape index (κ1) is 18.3. The first-order valence-corrected chi connectivity index (χ1v) is 7.47. The van der Waals surface area contributed by atoms with Crippen LogP contribution in [0.3, 0.4) is 0 Å². The van der Waals surface area contributed by atoms with Crippen LogP contribution in [0.4, 0.5) is 10.5 Å². The number of aliphatic hydroxyl groups excluding tert-OH is 1. The summed E-state index contributed by atoms with van der Waals surface area (Å²) in [5.74, 6) is -0.218. The van der Waals surface area contributed by atoms with Crippen LogP contribution in [0.5, 0.6) is 0 Å². The summed E-state index contributed by atoms with van der Waals surface area (Å²) in [5, 5.41) is 14.5. The number of rotatable bonds is 7. The van der Waals surface area contributed by atoms with Gasteiger partial charge in [0, 0.05) is 33.2 Å². The summed E-state index contributed by atoms with van der Waals surface area (Å²) in [6.45, 7) is 2.66. The molecule has 1 rings (SSSR count). The molecule has 0 saturated heterocycles. The molecule has 0 atom stereocenters. The van der Waals surface area contributed by atoms with Crippen LogP contribution in [0.25, 0.3) is 0 Å². The second-order valence-corrected chi connectivity index (χ2v) is 5.42. The quantitative estimate of drug-likeness (QED) is 0.716. The van der Waals surface area contributed by atoms with Crippen molar-refractivity contribution in [2.45, 2.75) is 19.8 Å². The summed E-state index contributed by atoms with van der Waals surface area (Å²) < 4.78 is 0. The number of carbonyl (C=O) groups is 2. The predicted octanol–water partition coefficient (Wildman–Crippen LogP) is 2.00. The van der Waals surface area contributed by atoms with Crippen molar-refractivity contribution in [3.63, 3.8) is 0 Å². The lowest BCUT2D eigenvalue weighted by molar-refractivity contribution is -0.116. The maximum Gasteiger partial charge on any atom is 0.317 e. The number of aryl methyl sites for hydroxylation is 1. The lowest BCUT2D eigenvalue weighted by Gasteiger charge is -2.17. The van der Waals surface area contributed by atoms with Gasteiger partial charge in [0.1, 0.15) is 0 Å². The Morgan fingerprint density at radius 2 is 2.09 bits per heavy atom. The van der Waals surface area contributed by atoms with E-state index < -0.39 is 0 Å². The van der Waals surface area contributed by atoms with E-state index in [9.17, 15) is 9.59 Å². The van der Waals surface area contributed by atoms with Crippen LogP contribution in [-0.4, -0.2) is 48.7 Å². The van der Waals surface area contributed by atoms with E-state index in [-0.39, 0.29) is 31.5 Å². The molecule has 122 valence electrons. The first-order chi connectivity index (χ1) is 10.4. The minimum Gasteiger partial charge on any atom is -0.396 e. The summed E-state index contributed by atoms with van der Waals surface area (Å²) in [7, 11) is 1.64. The third-order valence-corrected chi connectivity index (χ3v) is 3.34. The molecule has 6 nitrogen and oxygen atoms in total. The van der Waals surface area contributed by atoms with Crippen LogP contribution < -0.4 is 10.6 Å². The SMILES string of the molecule is Cc1ccc(NC(=O)CCNC(=O)N(C)CCCO)c(Cl)c1. The van der Waals surface area contributed by atoms with Crippen LogP contribution in [0.1, 0.15) is 18.4 Å². The fourth-order valence-corrected chi connectivity index (χ4v) is 2.04. The number of anilines is 1. The number of amides is 3. The van der Waals surface area contributed by atoms with E-state index in [2.05, 4.69) is 10.6 Å². The van der Waals surface area contributed by atoms with Crippen molar-refractivity contribution in [3.8, 4) is 0 Å². The van der Waals surface area contributed by atoms with Crippen molar-refractivity contribution in [1.29, 1.82) is 0 Å². The smallest absolute Gasteiger partial charge is 0.317 e. The Morgan fingerprint density at radius 3 is 2.73 bits per heavy atom. The molecule has 3 N–H and O–H groups in total. The topological polar surface area (TPSA) is 81.7 Å². The van der Waals surface area contributed by atoms with E-state index in [1.54, 1.807) is 19.2 Å². The van der Waals surface area contributed by atoms with Crippen molar-refractivity contribution in [2.24, 2.45) is 0 Å². The lowest BCUT2D eigenvalue weighted by atomic mass is 10.2. The molecule has 0 radical (unpaired) electrons. The number of nitrogens with zero attached hydrogens (tertiary/aromatic N) is 1. The second-order valence-electron chi connectivity index (χ2n) is 5.01. The first-order valence-electron chi connectivity index (χ1n) is 7.10. The molecule has 1 aromatic rings. The molecule has 0 unspecified atom stereocenters. The number of benzene rings is 1. The zero-order chi connectivity index (χ0) is 16.5. The Morgan fingerprint density at radius 1 is 1.36 bits per heavy atom. The van der Waals surface area contributed by atoms with E-state index in [1.807, 2.05) is 13.0 Å². The Kier molecular flexibility index (Phi) is 7.70. The predicted molar refractivity (Wildman–Crippen MR) is 87.2 cm³/mol. The molecule has 0 aliphatic carbocycles. The fourth-order valence-electron chi connectivity index (χ4n) is 1.76. The van der Waals surface area contributed by atoms with Gasteiger partial charge in [0.2, 0.25) is 5.91 Å². The maximum absolute atomic E-state index is 11.8. The number of aliphatic hydroxyl groups is 1. The lowest BCUT2D eigenvalue weighted by Crippen LogP contribution is -2.39. The van der Waals surface area contributed by atoms with E-state index in [4.69, 9.17) is 16.7 Å². The zero-order valence-electron chi connectivity index (χ0n) is 12.9. The van der Waals surface area contributed by atoms with Gasteiger partial charge in [-0.25, -0.2) is 4.79 Å². The van der Waals surface area contributed by atoms with Crippen molar-refractivity contribution >= 4 is 29.2 Å². The van der Waals surface area contributed by atoms with Gasteiger partial charge >= 0.3 is 6.03 Å². The molecule has 0 bridgehead atoms. The number of nitrogens with one attached hydrogen (secondary N) is 2. The number of halogens is 1. The van der Waals surface area contributed by atoms with Crippen LogP contribution in [0.15, 0.2) is 18.2 Å². The van der Waals surface area contributed by atoms with E-state index in [0.717, 1.165) is 5.56 Å². The highest BCUT2D eigenvalue weighted by Gasteiger charge is 2.09. The van der Waals surface area contributed by atoms with Crippen LogP contribution in [0, 0.1) is 6.92 Å². The minimum absolute atomic E-state index is 0.0390. The normalized spacial score (nSPS) is 10.2. The summed E-state index contributed by atoms with van der Waals surface area (Å²) in [5.41, 5.74) is 1.57. The van der Waals surface area contributed by atoms with Crippen LogP contribution >= 0.6 is 11.6 Å². The second kappa shape index (κ2) is 9.27. The van der Waals surface area contributed by atoms with Crippen molar-refractivity contribution in [3.05, 3.63) is 28.8 Å². The molecule has 7 heteroatoms. The van der Waals surface area contributed by atoms with Gasteiger partial charge in [0.15, 0.2) is 0 Å². The van der Waals surface area contributed by atoms with Crippen LogP contribution in [0.2, 0.25) is 5.02 Å². The largest absolute Gasteiger partial charge is 0.396 e. The number of carbonyl (C=O) groups excluding carboxylic acids is 2. The van der Waals surface area contributed by atoms with Crippen LogP contribution in [-0.2, 0) is 4.79 Å². The highest BCUT2D eigenvalue weighted by Crippen LogP contribution is 2.22. The van der Waals surface area contributed by atoms with Gasteiger partial charge in [-0.1, -0.05) is 17.7 Å². The molecular formula is C15H22ClN3O3. The third-order valence-electron chi connectivity index (χ3n) is 3.03. The standard InChI is InChI=1S/C15H22ClN3O3/c1-11-4-5-13(12(16)10-11)18-14(21)6-7-17-15(22)19(2)8-3-9-20/h4-5,10,20H,3,6-9H2,1-2H3,(H,17,22)(H,18,21). The molecule has 3 amide bonds. The average Bonchev–Trinajstić information content (AvgIpc) is 2.47. The molecule has 0 spiro atoms. The number of hydrogen-bond acceptors (Lipinski definition) is 3. The fraction of sp³-hybridized carbons (Fsp3) is 0.467. The average molecular weight is 328 g/mol. The summed E-state index contributed by atoms with van der Waals surface area (Å²) in [6.07, 6.45) is 0.681. The monoisotopic (exact) mass is 327 g/mol. The van der Waals surface area contributed by atoms with Gasteiger partial charge in [0.05, 0.1) is 10.7 Å². The van der Waals surface area contributed by atoms with E-state index in [0.29, 0.717) is 23.7 Å². The van der Waals surface area contributed by atoms with Crippen molar-refractivity contribution in [1.82, 2.24) is 10.2 Å². The van der Waals surface area contributed by atoms with E-state index in [1.165, 1.54) is 4.90 Å². The Balaban J connectivity index is 2.33. The van der Waals surface area contributed by atoms with Gasteiger partial charge in [0.25, 0.3) is 0 Å². The molecule has 0 saturated carbocycles. The van der Waals surface area contributed by atoms with Gasteiger partial charge in [-0.2, -0.15) is 0 Å². The minimum atomic E-state index is -0.269. The molecular weight excluding hydrogens is 306 g/mol. The van der Waals surface area contributed by atoms with Crippen molar-refractivity contribution < 1.29 is 14.7 Å². The molecule has 0 aliphatic heterocycles. The third kappa shape index (κ3) is 6.32. The molecule has 0 aliphatic rings. The van der Waals surface area contributed by atoms with Gasteiger partial charge < -0.3 is 20.6 Å². The van der Waals surface area contributed by atoms with E-state index >= 15 is 0 Å². The number of urea groups is 1. The summed E-state index contributed by atoms with van der Waals surface area (Å²) in [6, 6.07) is 5.11. The van der Waals surface area contributed by atoms with Gasteiger partial charge in [-0.15, -0.1) is 0 Å². The molecule has 0 fully saturated rings.